The number of anilines is 2. The van der Waals surface area contributed by atoms with Gasteiger partial charge in [0.05, 0.1) is 18.2 Å². The number of carbonyl (C=O) groups excluding carboxylic acids is 2. The Hall–Kier alpha value is -4.80. The number of methoxy groups -OCH3 is 1. The number of aromatic nitrogens is 2. The number of carbonyl (C=O) groups is 2. The van der Waals surface area contributed by atoms with Gasteiger partial charge in [-0.05, 0) is 60.4 Å². The lowest BCUT2D eigenvalue weighted by Crippen LogP contribution is -2.24. The highest BCUT2D eigenvalue weighted by molar-refractivity contribution is 6.04. The Morgan fingerprint density at radius 1 is 1.12 bits per heavy atom. The predicted molar refractivity (Wildman–Crippen MR) is 144 cm³/mol. The molecule has 4 N–H and O–H groups in total. The molecular weight excluding hydrogens is 523 g/mol. The van der Waals surface area contributed by atoms with E-state index in [0.29, 0.717) is 23.6 Å². The fraction of sp³-hybridized carbons (Fsp3) is 0.207. The van der Waals surface area contributed by atoms with Crippen molar-refractivity contribution >= 4 is 23.3 Å². The van der Waals surface area contributed by atoms with E-state index >= 15 is 0 Å². The van der Waals surface area contributed by atoms with E-state index in [9.17, 15) is 22.8 Å². The largest absolute Gasteiger partial charge is 0.496 e. The Bertz CT molecular complexity index is 1630. The number of nitrogens with zero attached hydrogens (tertiary/aromatic N) is 2. The monoisotopic (exact) mass is 549 g/mol. The number of halogens is 3. The molecule has 40 heavy (non-hydrogen) atoms. The second kappa shape index (κ2) is 10.4. The summed E-state index contributed by atoms with van der Waals surface area (Å²) in [5.74, 6) is -0.761. The molecule has 11 heteroatoms. The number of nitrogens with two attached hydrogens (primary N) is 1. The molecule has 0 bridgehead atoms. The van der Waals surface area contributed by atoms with Gasteiger partial charge in [-0.25, -0.2) is 4.68 Å². The topological polar surface area (TPSA) is 111 Å². The van der Waals surface area contributed by atoms with Crippen LogP contribution in [0.15, 0.2) is 60.7 Å². The second-order valence-electron chi connectivity index (χ2n) is 9.43. The lowest BCUT2D eigenvalue weighted by molar-refractivity contribution is -0.137. The highest BCUT2D eigenvalue weighted by atomic mass is 19.4. The first-order valence-electron chi connectivity index (χ1n) is 12.5. The second-order valence-corrected chi connectivity index (χ2v) is 9.43. The fourth-order valence-corrected chi connectivity index (χ4v) is 4.77. The predicted octanol–water partition coefficient (Wildman–Crippen LogP) is 5.21. The van der Waals surface area contributed by atoms with E-state index in [0.717, 1.165) is 47.0 Å². The van der Waals surface area contributed by atoms with Gasteiger partial charge in [-0.3, -0.25) is 9.59 Å². The molecule has 0 unspecified atom stereocenters. The first kappa shape index (κ1) is 26.8. The van der Waals surface area contributed by atoms with Crippen LogP contribution in [0.25, 0.3) is 11.3 Å². The lowest BCUT2D eigenvalue weighted by Gasteiger charge is -2.14. The Balaban J connectivity index is 1.40. The van der Waals surface area contributed by atoms with Gasteiger partial charge in [-0.15, -0.1) is 0 Å². The van der Waals surface area contributed by atoms with Gasteiger partial charge in [0, 0.05) is 24.3 Å². The summed E-state index contributed by atoms with van der Waals surface area (Å²) in [4.78, 5) is 25.4. The van der Waals surface area contributed by atoms with E-state index in [4.69, 9.17) is 15.6 Å². The maximum absolute atomic E-state index is 13.2. The highest BCUT2D eigenvalue weighted by Crippen LogP contribution is 2.35. The number of primary amides is 1. The number of alkyl halides is 3. The molecular formula is C29H26F3N5O3. The number of nitrogens with one attached hydrogen (secondary N) is 2. The van der Waals surface area contributed by atoms with Crippen molar-refractivity contribution in [2.24, 2.45) is 5.73 Å². The van der Waals surface area contributed by atoms with Gasteiger partial charge >= 0.3 is 6.18 Å². The number of hydrogen-bond donors (Lipinski definition) is 3. The number of aryl methyl sites for hydroxylation is 3. The van der Waals surface area contributed by atoms with Crippen LogP contribution >= 0.6 is 0 Å². The van der Waals surface area contributed by atoms with E-state index in [1.807, 2.05) is 37.3 Å². The molecule has 1 aliphatic rings. The number of hydrogen-bond acceptors (Lipinski definition) is 5. The molecule has 0 fully saturated rings. The van der Waals surface area contributed by atoms with Crippen LogP contribution in [0.5, 0.6) is 5.75 Å². The molecule has 0 spiro atoms. The average Bonchev–Trinajstić information content (AvgIpc) is 3.19. The molecule has 206 valence electrons. The number of benzene rings is 3. The number of para-hydroxylation sites is 1. The van der Waals surface area contributed by atoms with Crippen molar-refractivity contribution < 1.29 is 27.5 Å². The summed E-state index contributed by atoms with van der Waals surface area (Å²) in [6, 6.07) is 15.9. The van der Waals surface area contributed by atoms with E-state index in [1.165, 1.54) is 7.11 Å². The lowest BCUT2D eigenvalue weighted by atomic mass is 10.0. The minimum Gasteiger partial charge on any atom is -0.496 e. The number of rotatable bonds is 6. The minimum atomic E-state index is -4.60. The van der Waals surface area contributed by atoms with E-state index in [2.05, 4.69) is 10.6 Å². The molecule has 0 atom stereocenters. The van der Waals surface area contributed by atoms with Crippen molar-refractivity contribution in [3.63, 3.8) is 0 Å². The third-order valence-corrected chi connectivity index (χ3v) is 6.89. The van der Waals surface area contributed by atoms with Crippen LogP contribution in [0.1, 0.15) is 43.0 Å². The van der Waals surface area contributed by atoms with Gasteiger partial charge in [0.25, 0.3) is 11.8 Å². The zero-order valence-corrected chi connectivity index (χ0v) is 21.7. The fourth-order valence-electron chi connectivity index (χ4n) is 4.77. The Labute approximate surface area is 227 Å². The molecule has 0 aliphatic carbocycles. The molecule has 1 aliphatic heterocycles. The Kier molecular flexibility index (Phi) is 6.97. The molecule has 1 aromatic heterocycles. The van der Waals surface area contributed by atoms with Crippen LogP contribution in [0.3, 0.4) is 0 Å². The average molecular weight is 550 g/mol. The summed E-state index contributed by atoms with van der Waals surface area (Å²) in [5, 5.41) is 10.7. The molecule has 0 saturated carbocycles. The molecule has 5 rings (SSSR count). The Morgan fingerprint density at radius 3 is 2.60 bits per heavy atom. The number of fused-ring (bicyclic) bond motifs is 2. The third-order valence-electron chi connectivity index (χ3n) is 6.89. The smallest absolute Gasteiger partial charge is 0.416 e. The number of amides is 2. The summed E-state index contributed by atoms with van der Waals surface area (Å²) in [6.45, 7) is 2.45. The summed E-state index contributed by atoms with van der Waals surface area (Å²) < 4.78 is 46.4. The van der Waals surface area contributed by atoms with Crippen molar-refractivity contribution in [2.75, 3.05) is 12.4 Å². The summed E-state index contributed by atoms with van der Waals surface area (Å²) in [5.41, 5.74) is 9.51. The molecule has 4 aromatic rings. The van der Waals surface area contributed by atoms with Crippen LogP contribution in [-0.4, -0.2) is 28.7 Å². The van der Waals surface area contributed by atoms with Crippen molar-refractivity contribution in [2.45, 2.75) is 32.6 Å². The van der Waals surface area contributed by atoms with E-state index < -0.39 is 23.6 Å². The van der Waals surface area contributed by atoms with Crippen LogP contribution in [0.2, 0.25) is 0 Å². The first-order valence-corrected chi connectivity index (χ1v) is 12.5. The normalized spacial score (nSPS) is 12.5. The van der Waals surface area contributed by atoms with Gasteiger partial charge in [0.15, 0.2) is 0 Å². The minimum absolute atomic E-state index is 0.0346. The van der Waals surface area contributed by atoms with Crippen molar-refractivity contribution in [1.29, 1.82) is 0 Å². The quantitative estimate of drug-likeness (QED) is 0.306. The van der Waals surface area contributed by atoms with E-state index in [-0.39, 0.29) is 23.4 Å². The van der Waals surface area contributed by atoms with Gasteiger partial charge in [-0.2, -0.15) is 18.3 Å². The summed E-state index contributed by atoms with van der Waals surface area (Å²) in [7, 11) is 1.28. The Morgan fingerprint density at radius 2 is 1.90 bits per heavy atom. The summed E-state index contributed by atoms with van der Waals surface area (Å²) >= 11 is 0. The molecule has 2 heterocycles. The SMILES string of the molecule is COc1ccc(C(F)(F)F)cc1C(=O)NCc1ccc(-c2nn3c(c2C(N)=O)Nc2ccccc2CC3)cc1C. The van der Waals surface area contributed by atoms with Crippen molar-refractivity contribution in [3.8, 4) is 17.0 Å². The van der Waals surface area contributed by atoms with Gasteiger partial charge in [0.1, 0.15) is 22.8 Å². The summed E-state index contributed by atoms with van der Waals surface area (Å²) in [6.07, 6.45) is -3.87. The standard InChI is InChI=1S/C29H26F3N5O3/c1-16-13-18(25-24(26(33)38)27-35-22-6-4-3-5-17(22)11-12-37(27)36-25)7-8-19(16)15-34-28(39)21-14-20(29(30,31)32)9-10-23(21)40-2/h3-10,13-14,35H,11-12,15H2,1-2H3,(H2,33,38)(H,34,39). The van der Waals surface area contributed by atoms with Crippen LogP contribution < -0.4 is 21.1 Å². The molecule has 8 nitrogen and oxygen atoms in total. The van der Waals surface area contributed by atoms with Gasteiger partial charge < -0.3 is 21.1 Å². The molecule has 0 radical (unpaired) electrons. The van der Waals surface area contributed by atoms with E-state index in [1.54, 1.807) is 16.8 Å². The highest BCUT2D eigenvalue weighted by Gasteiger charge is 2.32. The zero-order chi connectivity index (χ0) is 28.6. The van der Waals surface area contributed by atoms with Crippen LogP contribution in [0, 0.1) is 6.92 Å². The van der Waals surface area contributed by atoms with Crippen molar-refractivity contribution in [1.82, 2.24) is 15.1 Å². The van der Waals surface area contributed by atoms with Crippen molar-refractivity contribution in [3.05, 3.63) is 94.0 Å². The maximum atomic E-state index is 13.2. The molecule has 0 saturated heterocycles. The number of ether oxygens (including phenoxy) is 1. The third kappa shape index (κ3) is 5.09. The first-order chi connectivity index (χ1) is 19.1. The zero-order valence-electron chi connectivity index (χ0n) is 21.7. The van der Waals surface area contributed by atoms with Gasteiger partial charge in [-0.1, -0.05) is 30.3 Å². The molecule has 2 amide bonds. The van der Waals surface area contributed by atoms with Crippen LogP contribution in [-0.2, 0) is 25.7 Å². The maximum Gasteiger partial charge on any atom is 0.416 e. The van der Waals surface area contributed by atoms with Crippen LogP contribution in [0.4, 0.5) is 24.7 Å². The van der Waals surface area contributed by atoms with Gasteiger partial charge in [0.2, 0.25) is 0 Å². The molecule has 3 aromatic carbocycles.